The van der Waals surface area contributed by atoms with Crippen molar-refractivity contribution in [2.75, 3.05) is 38.2 Å². The van der Waals surface area contributed by atoms with E-state index in [9.17, 15) is 9.59 Å². The van der Waals surface area contributed by atoms with Gasteiger partial charge in [-0.25, -0.2) is 4.98 Å². The lowest BCUT2D eigenvalue weighted by Crippen LogP contribution is -2.50. The van der Waals surface area contributed by atoms with Gasteiger partial charge in [-0.2, -0.15) is 0 Å². The van der Waals surface area contributed by atoms with Crippen LogP contribution in [0.1, 0.15) is 5.56 Å². The van der Waals surface area contributed by atoms with E-state index in [0.717, 1.165) is 22.6 Å². The van der Waals surface area contributed by atoms with Crippen LogP contribution in [0.15, 0.2) is 65.7 Å². The van der Waals surface area contributed by atoms with Crippen molar-refractivity contribution in [3.63, 3.8) is 0 Å². The molecule has 0 spiro atoms. The Hall–Kier alpha value is -3.61. The summed E-state index contributed by atoms with van der Waals surface area (Å²) in [4.78, 5) is 33.7. The molecule has 3 aromatic rings. The smallest absolute Gasteiger partial charge is 0.254 e. The Morgan fingerprint density at radius 1 is 1.03 bits per heavy atom. The SMILES string of the molecule is COc1ccccc1N1CCN(C(=O)Cn2cnc(-c3ccc(C)cc3)cc2=O)CC1. The molecule has 1 fully saturated rings. The van der Waals surface area contributed by atoms with Crippen LogP contribution in [0.25, 0.3) is 11.3 Å². The molecule has 1 aromatic heterocycles. The van der Waals surface area contributed by atoms with E-state index in [4.69, 9.17) is 4.74 Å². The van der Waals surface area contributed by atoms with E-state index >= 15 is 0 Å². The topological polar surface area (TPSA) is 67.7 Å². The molecule has 0 N–H and O–H groups in total. The number of carbonyl (C=O) groups is 1. The van der Waals surface area contributed by atoms with E-state index in [1.165, 1.54) is 17.0 Å². The van der Waals surface area contributed by atoms with Crippen LogP contribution < -0.4 is 15.2 Å². The molecule has 1 aliphatic rings. The number of para-hydroxylation sites is 2. The maximum absolute atomic E-state index is 12.8. The number of aromatic nitrogens is 2. The van der Waals surface area contributed by atoms with Gasteiger partial charge in [-0.05, 0) is 19.1 Å². The molecular formula is C24H26N4O3. The molecule has 7 heteroatoms. The molecule has 4 rings (SSSR count). The van der Waals surface area contributed by atoms with Crippen molar-refractivity contribution in [1.82, 2.24) is 14.5 Å². The fourth-order valence-corrected chi connectivity index (χ4v) is 3.76. The first-order valence-electron chi connectivity index (χ1n) is 10.3. The number of anilines is 1. The summed E-state index contributed by atoms with van der Waals surface area (Å²) >= 11 is 0. The second kappa shape index (κ2) is 9.04. The molecule has 0 bridgehead atoms. The van der Waals surface area contributed by atoms with Gasteiger partial charge < -0.3 is 14.5 Å². The molecule has 0 atom stereocenters. The summed E-state index contributed by atoms with van der Waals surface area (Å²) in [5.41, 5.74) is 3.44. The Kier molecular flexibility index (Phi) is 6.02. The third-order valence-electron chi connectivity index (χ3n) is 5.59. The minimum Gasteiger partial charge on any atom is -0.495 e. The first kappa shape index (κ1) is 20.7. The lowest BCUT2D eigenvalue weighted by molar-refractivity contribution is -0.132. The van der Waals surface area contributed by atoms with Gasteiger partial charge in [0.25, 0.3) is 5.56 Å². The number of nitrogens with zero attached hydrogens (tertiary/aromatic N) is 4. The third kappa shape index (κ3) is 4.60. The van der Waals surface area contributed by atoms with Crippen molar-refractivity contribution in [3.8, 4) is 17.0 Å². The molecular weight excluding hydrogens is 392 g/mol. The van der Waals surface area contributed by atoms with Crippen molar-refractivity contribution in [3.05, 3.63) is 76.8 Å². The maximum atomic E-state index is 12.8. The van der Waals surface area contributed by atoms with Crippen LogP contribution in [-0.2, 0) is 11.3 Å². The maximum Gasteiger partial charge on any atom is 0.254 e. The minimum atomic E-state index is -0.230. The Morgan fingerprint density at radius 3 is 2.42 bits per heavy atom. The van der Waals surface area contributed by atoms with Gasteiger partial charge in [0.15, 0.2) is 0 Å². The lowest BCUT2D eigenvalue weighted by atomic mass is 10.1. The molecule has 0 radical (unpaired) electrons. The number of ether oxygens (including phenoxy) is 1. The second-order valence-corrected chi connectivity index (χ2v) is 7.65. The summed E-state index contributed by atoms with van der Waals surface area (Å²) < 4.78 is 6.81. The third-order valence-corrected chi connectivity index (χ3v) is 5.59. The highest BCUT2D eigenvalue weighted by molar-refractivity contribution is 5.76. The van der Waals surface area contributed by atoms with Gasteiger partial charge in [0, 0.05) is 37.8 Å². The predicted molar refractivity (Wildman–Crippen MR) is 120 cm³/mol. The molecule has 0 unspecified atom stereocenters. The average molecular weight is 418 g/mol. The van der Waals surface area contributed by atoms with E-state index in [-0.39, 0.29) is 18.0 Å². The fraction of sp³-hybridized carbons (Fsp3) is 0.292. The summed E-state index contributed by atoms with van der Waals surface area (Å²) in [5.74, 6) is 0.750. The van der Waals surface area contributed by atoms with E-state index in [1.807, 2.05) is 55.5 Å². The van der Waals surface area contributed by atoms with Crippen molar-refractivity contribution in [1.29, 1.82) is 0 Å². The van der Waals surface area contributed by atoms with Crippen LogP contribution in [-0.4, -0.2) is 53.6 Å². The summed E-state index contributed by atoms with van der Waals surface area (Å²) in [7, 11) is 1.66. The van der Waals surface area contributed by atoms with Crippen LogP contribution in [0.5, 0.6) is 5.75 Å². The van der Waals surface area contributed by atoms with Crippen LogP contribution >= 0.6 is 0 Å². The zero-order chi connectivity index (χ0) is 21.8. The Bertz CT molecular complexity index is 1120. The minimum absolute atomic E-state index is 0.00529. The molecule has 1 aliphatic heterocycles. The van der Waals surface area contributed by atoms with Crippen molar-refractivity contribution in [2.45, 2.75) is 13.5 Å². The van der Waals surface area contributed by atoms with Gasteiger partial charge in [-0.3, -0.25) is 14.2 Å². The normalized spacial score (nSPS) is 13.9. The zero-order valence-electron chi connectivity index (χ0n) is 17.8. The van der Waals surface area contributed by atoms with Crippen LogP contribution in [0.4, 0.5) is 5.69 Å². The summed E-state index contributed by atoms with van der Waals surface area (Å²) in [6.45, 7) is 4.63. The molecule has 31 heavy (non-hydrogen) atoms. The van der Waals surface area contributed by atoms with Gasteiger partial charge in [0.05, 0.1) is 24.8 Å². The number of methoxy groups -OCH3 is 1. The Labute approximate surface area is 181 Å². The number of hydrogen-bond donors (Lipinski definition) is 0. The first-order chi connectivity index (χ1) is 15.0. The van der Waals surface area contributed by atoms with E-state index < -0.39 is 0 Å². The highest BCUT2D eigenvalue weighted by Gasteiger charge is 2.23. The van der Waals surface area contributed by atoms with Crippen LogP contribution in [0, 0.1) is 6.92 Å². The molecule has 2 aromatic carbocycles. The highest BCUT2D eigenvalue weighted by atomic mass is 16.5. The number of benzene rings is 2. The molecule has 0 saturated carbocycles. The molecule has 1 saturated heterocycles. The molecule has 160 valence electrons. The second-order valence-electron chi connectivity index (χ2n) is 7.65. The fourth-order valence-electron chi connectivity index (χ4n) is 3.76. The molecule has 1 amide bonds. The van der Waals surface area contributed by atoms with Gasteiger partial charge in [-0.1, -0.05) is 42.0 Å². The molecule has 0 aliphatic carbocycles. The van der Waals surface area contributed by atoms with Crippen molar-refractivity contribution in [2.24, 2.45) is 0 Å². The number of rotatable bonds is 5. The van der Waals surface area contributed by atoms with Crippen molar-refractivity contribution < 1.29 is 9.53 Å². The quantitative estimate of drug-likeness (QED) is 0.637. The Balaban J connectivity index is 1.39. The van der Waals surface area contributed by atoms with Gasteiger partial charge >= 0.3 is 0 Å². The van der Waals surface area contributed by atoms with E-state index in [2.05, 4.69) is 9.88 Å². The van der Waals surface area contributed by atoms with E-state index in [0.29, 0.717) is 31.9 Å². The zero-order valence-corrected chi connectivity index (χ0v) is 17.8. The monoisotopic (exact) mass is 418 g/mol. The van der Waals surface area contributed by atoms with Crippen molar-refractivity contribution >= 4 is 11.6 Å². The summed E-state index contributed by atoms with van der Waals surface area (Å²) in [5, 5.41) is 0. The Morgan fingerprint density at radius 2 is 1.74 bits per heavy atom. The highest BCUT2D eigenvalue weighted by Crippen LogP contribution is 2.28. The van der Waals surface area contributed by atoms with Crippen LogP contribution in [0.2, 0.25) is 0 Å². The standard InChI is InChI=1S/C24H26N4O3/c1-18-7-9-19(10-8-18)20-15-23(29)28(17-25-20)16-24(30)27-13-11-26(12-14-27)21-5-3-4-6-22(21)31-2/h3-10,15,17H,11-14,16H2,1-2H3. The van der Waals surface area contributed by atoms with Gasteiger partial charge in [-0.15, -0.1) is 0 Å². The lowest BCUT2D eigenvalue weighted by Gasteiger charge is -2.36. The number of hydrogen-bond acceptors (Lipinski definition) is 5. The summed E-state index contributed by atoms with van der Waals surface area (Å²) in [6.07, 6.45) is 1.46. The van der Waals surface area contributed by atoms with E-state index in [1.54, 1.807) is 12.0 Å². The molecule has 7 nitrogen and oxygen atoms in total. The van der Waals surface area contributed by atoms with Crippen LogP contribution in [0.3, 0.4) is 0 Å². The number of carbonyl (C=O) groups excluding carboxylic acids is 1. The largest absolute Gasteiger partial charge is 0.495 e. The molecule has 2 heterocycles. The van der Waals surface area contributed by atoms with Gasteiger partial charge in [0.2, 0.25) is 5.91 Å². The number of aryl methyl sites for hydroxylation is 1. The van der Waals surface area contributed by atoms with Gasteiger partial charge in [0.1, 0.15) is 12.3 Å². The number of piperazine rings is 1. The predicted octanol–water partition coefficient (Wildman–Crippen LogP) is 2.58. The summed E-state index contributed by atoms with van der Waals surface area (Å²) in [6, 6.07) is 17.2. The average Bonchev–Trinajstić information content (AvgIpc) is 2.81. The number of amides is 1. The first-order valence-corrected chi connectivity index (χ1v) is 10.3.